The number of ether oxygens (including phenoxy) is 1. The molecule has 3 heterocycles. The topological polar surface area (TPSA) is 128 Å². The van der Waals surface area contributed by atoms with E-state index < -0.39 is 10.9 Å². The summed E-state index contributed by atoms with van der Waals surface area (Å²) < 4.78 is 6.38. The molecule has 0 unspecified atom stereocenters. The molecule has 0 aliphatic rings. The molecule has 10 nitrogen and oxygen atoms in total. The standard InChI is InChI=1S/C14H13ClN6O4/c1-2-3-4-25-14(22)12-10(15)13-16-5-8(7-20(13)19-12)11-9(21(23)24)6-17-18-11/h5-7H,2-4H2,1H3,(H,17,18). The van der Waals surface area contributed by atoms with E-state index in [2.05, 4.69) is 20.3 Å². The van der Waals surface area contributed by atoms with Crippen molar-refractivity contribution in [3.8, 4) is 11.3 Å². The summed E-state index contributed by atoms with van der Waals surface area (Å²) in [6.07, 6.45) is 5.59. The number of hydrogen-bond donors (Lipinski definition) is 1. The van der Waals surface area contributed by atoms with Gasteiger partial charge in [0, 0.05) is 18.0 Å². The van der Waals surface area contributed by atoms with Crippen molar-refractivity contribution < 1.29 is 14.5 Å². The molecule has 25 heavy (non-hydrogen) atoms. The predicted molar refractivity (Wildman–Crippen MR) is 87.4 cm³/mol. The fourth-order valence-electron chi connectivity index (χ4n) is 2.17. The molecule has 0 saturated heterocycles. The predicted octanol–water partition coefficient (Wildman–Crippen LogP) is 2.64. The van der Waals surface area contributed by atoms with Gasteiger partial charge in [0.2, 0.25) is 0 Å². The van der Waals surface area contributed by atoms with E-state index in [1.165, 1.54) is 16.9 Å². The number of fused-ring (bicyclic) bond motifs is 1. The summed E-state index contributed by atoms with van der Waals surface area (Å²) in [5.74, 6) is -0.641. The zero-order valence-corrected chi connectivity index (χ0v) is 13.9. The molecule has 0 spiro atoms. The second kappa shape index (κ2) is 6.85. The van der Waals surface area contributed by atoms with Crippen LogP contribution in [0.3, 0.4) is 0 Å². The van der Waals surface area contributed by atoms with Crippen molar-refractivity contribution in [2.45, 2.75) is 19.8 Å². The molecule has 1 N–H and O–H groups in total. The van der Waals surface area contributed by atoms with Crippen molar-refractivity contribution in [2.24, 2.45) is 0 Å². The minimum Gasteiger partial charge on any atom is -0.461 e. The molecule has 0 aromatic carbocycles. The Morgan fingerprint density at radius 1 is 1.48 bits per heavy atom. The molecular weight excluding hydrogens is 352 g/mol. The minimum absolute atomic E-state index is 0.0541. The fourth-order valence-corrected chi connectivity index (χ4v) is 2.43. The number of aromatic nitrogens is 5. The Morgan fingerprint density at radius 2 is 2.28 bits per heavy atom. The van der Waals surface area contributed by atoms with E-state index in [0.29, 0.717) is 5.56 Å². The molecule has 0 atom stereocenters. The smallest absolute Gasteiger partial charge is 0.360 e. The summed E-state index contributed by atoms with van der Waals surface area (Å²) in [6, 6.07) is 0. The van der Waals surface area contributed by atoms with Gasteiger partial charge in [0.25, 0.3) is 0 Å². The van der Waals surface area contributed by atoms with E-state index in [1.807, 2.05) is 6.92 Å². The Balaban J connectivity index is 1.97. The molecule has 0 radical (unpaired) electrons. The van der Waals surface area contributed by atoms with E-state index >= 15 is 0 Å². The highest BCUT2D eigenvalue weighted by Crippen LogP contribution is 2.28. The summed E-state index contributed by atoms with van der Waals surface area (Å²) >= 11 is 6.15. The number of rotatable bonds is 6. The average molecular weight is 365 g/mol. The van der Waals surface area contributed by atoms with Gasteiger partial charge in [0.1, 0.15) is 16.9 Å². The summed E-state index contributed by atoms with van der Waals surface area (Å²) in [7, 11) is 0. The van der Waals surface area contributed by atoms with Gasteiger partial charge in [0.15, 0.2) is 11.3 Å². The number of hydrogen-bond acceptors (Lipinski definition) is 7. The lowest BCUT2D eigenvalue weighted by atomic mass is 10.2. The lowest BCUT2D eigenvalue weighted by molar-refractivity contribution is -0.384. The molecule has 0 amide bonds. The lowest BCUT2D eigenvalue weighted by Crippen LogP contribution is -2.07. The Hall–Kier alpha value is -3.01. The van der Waals surface area contributed by atoms with Crippen molar-refractivity contribution >= 4 is 28.9 Å². The van der Waals surface area contributed by atoms with Gasteiger partial charge in [-0.15, -0.1) is 0 Å². The van der Waals surface area contributed by atoms with Gasteiger partial charge in [0.05, 0.1) is 11.5 Å². The monoisotopic (exact) mass is 364 g/mol. The van der Waals surface area contributed by atoms with Crippen molar-refractivity contribution in [1.82, 2.24) is 24.8 Å². The molecule has 0 aliphatic heterocycles. The molecule has 0 aliphatic carbocycles. The number of nitrogens with zero attached hydrogens (tertiary/aromatic N) is 5. The fraction of sp³-hybridized carbons (Fsp3) is 0.286. The Kier molecular flexibility index (Phi) is 4.61. The summed E-state index contributed by atoms with van der Waals surface area (Å²) in [6.45, 7) is 2.25. The van der Waals surface area contributed by atoms with Crippen LogP contribution < -0.4 is 0 Å². The van der Waals surface area contributed by atoms with Crippen molar-refractivity contribution in [1.29, 1.82) is 0 Å². The first-order valence-corrected chi connectivity index (χ1v) is 7.79. The maximum absolute atomic E-state index is 12.1. The first-order chi connectivity index (χ1) is 12.0. The highest BCUT2D eigenvalue weighted by Gasteiger charge is 2.23. The number of H-pyrrole nitrogens is 1. The van der Waals surface area contributed by atoms with E-state index in [0.717, 1.165) is 19.0 Å². The molecule has 130 valence electrons. The summed E-state index contributed by atoms with van der Waals surface area (Å²) in [4.78, 5) is 26.6. The lowest BCUT2D eigenvalue weighted by Gasteiger charge is -2.00. The van der Waals surface area contributed by atoms with Crippen LogP contribution in [0.25, 0.3) is 16.9 Å². The highest BCUT2D eigenvalue weighted by atomic mass is 35.5. The average Bonchev–Trinajstić information content (AvgIpc) is 3.20. The van der Waals surface area contributed by atoms with Gasteiger partial charge in [-0.3, -0.25) is 15.2 Å². The number of nitro groups is 1. The van der Waals surface area contributed by atoms with Crippen molar-refractivity contribution in [2.75, 3.05) is 6.61 Å². The van der Waals surface area contributed by atoms with Crippen LogP contribution in [0.2, 0.25) is 5.02 Å². The molecule has 3 aromatic heterocycles. The number of nitrogens with one attached hydrogen (secondary N) is 1. The summed E-state index contributed by atoms with van der Waals surface area (Å²) in [5.41, 5.74) is 0.551. The molecule has 0 saturated carbocycles. The zero-order valence-electron chi connectivity index (χ0n) is 13.1. The van der Waals surface area contributed by atoms with E-state index in [-0.39, 0.29) is 34.4 Å². The van der Waals surface area contributed by atoms with Crippen LogP contribution in [-0.2, 0) is 4.74 Å². The minimum atomic E-state index is -0.641. The number of carbonyl (C=O) groups is 1. The number of halogens is 1. The second-order valence-electron chi connectivity index (χ2n) is 5.15. The Labute approximate surface area is 145 Å². The molecule has 3 rings (SSSR count). The largest absolute Gasteiger partial charge is 0.461 e. The maximum atomic E-state index is 12.1. The Bertz CT molecular complexity index is 950. The first kappa shape index (κ1) is 16.8. The Morgan fingerprint density at radius 3 is 3.00 bits per heavy atom. The molecule has 0 fully saturated rings. The third-order valence-corrected chi connectivity index (χ3v) is 3.79. The van der Waals surface area contributed by atoms with Gasteiger partial charge >= 0.3 is 11.7 Å². The third kappa shape index (κ3) is 3.15. The van der Waals surface area contributed by atoms with Gasteiger partial charge in [-0.05, 0) is 6.42 Å². The molecule has 3 aromatic rings. The van der Waals surface area contributed by atoms with Crippen LogP contribution in [0.4, 0.5) is 5.69 Å². The summed E-state index contributed by atoms with van der Waals surface area (Å²) in [5, 5.41) is 21.4. The zero-order chi connectivity index (χ0) is 18.0. The highest BCUT2D eigenvalue weighted by molar-refractivity contribution is 6.36. The van der Waals surface area contributed by atoms with Gasteiger partial charge in [-0.1, -0.05) is 24.9 Å². The number of esters is 1. The normalized spacial score (nSPS) is 11.0. The van der Waals surface area contributed by atoms with E-state index in [9.17, 15) is 14.9 Å². The van der Waals surface area contributed by atoms with Crippen LogP contribution in [0.15, 0.2) is 18.6 Å². The van der Waals surface area contributed by atoms with Gasteiger partial charge < -0.3 is 4.74 Å². The van der Waals surface area contributed by atoms with Crippen molar-refractivity contribution in [3.05, 3.63) is 39.4 Å². The van der Waals surface area contributed by atoms with Crippen LogP contribution in [-0.4, -0.2) is 42.3 Å². The van der Waals surface area contributed by atoms with Crippen molar-refractivity contribution in [3.63, 3.8) is 0 Å². The van der Waals surface area contributed by atoms with E-state index in [1.54, 1.807) is 0 Å². The van der Waals surface area contributed by atoms with Crippen LogP contribution in [0.5, 0.6) is 0 Å². The number of aromatic amines is 1. The second-order valence-corrected chi connectivity index (χ2v) is 5.53. The first-order valence-electron chi connectivity index (χ1n) is 7.42. The molecule has 11 heteroatoms. The van der Waals surface area contributed by atoms with Crippen LogP contribution >= 0.6 is 11.6 Å². The van der Waals surface area contributed by atoms with Gasteiger partial charge in [-0.2, -0.15) is 10.2 Å². The number of carbonyl (C=O) groups excluding carboxylic acids is 1. The molecule has 0 bridgehead atoms. The quantitative estimate of drug-likeness (QED) is 0.308. The van der Waals surface area contributed by atoms with Crippen LogP contribution in [0.1, 0.15) is 30.3 Å². The van der Waals surface area contributed by atoms with Crippen LogP contribution in [0, 0.1) is 10.1 Å². The van der Waals surface area contributed by atoms with Gasteiger partial charge in [-0.25, -0.2) is 14.3 Å². The SMILES string of the molecule is CCCCOC(=O)c1nn2cc(-c3[nH]ncc3[N+](=O)[O-])cnc2c1Cl. The number of unbranched alkanes of at least 4 members (excludes halogenated alkanes) is 1. The molecular formula is C14H13ClN6O4. The maximum Gasteiger partial charge on any atom is 0.360 e. The van der Waals surface area contributed by atoms with E-state index in [4.69, 9.17) is 16.3 Å². The third-order valence-electron chi connectivity index (χ3n) is 3.45.